The molecule has 0 heterocycles. The summed E-state index contributed by atoms with van der Waals surface area (Å²) in [5, 5.41) is 3.36. The normalized spacial score (nSPS) is 21.3. The molecule has 3 aromatic carbocycles. The minimum atomic E-state index is -0.103. The molecule has 0 aliphatic heterocycles. The van der Waals surface area contributed by atoms with Gasteiger partial charge < -0.3 is 35.2 Å². The first-order chi connectivity index (χ1) is 22.6. The minimum absolute atomic E-state index is 0. The molecule has 3 aromatic rings. The molecular weight excluding hydrogens is 648 g/mol. The molecule has 264 valence electrons. The van der Waals surface area contributed by atoms with Crippen molar-refractivity contribution in [3.05, 3.63) is 82.9 Å². The van der Waals surface area contributed by atoms with Gasteiger partial charge in [-0.25, -0.2) is 12.1 Å². The third kappa shape index (κ3) is 9.33. The zero-order valence-corrected chi connectivity index (χ0v) is 32.8. The number of hydrogen-bond acceptors (Lipinski definition) is 1. The Kier molecular flexibility index (Phi) is 15.2. The first-order valence-corrected chi connectivity index (χ1v) is 21.5. The summed E-state index contributed by atoms with van der Waals surface area (Å²) in [7, 11) is 7.96. The number of nitrogens with zero attached hydrogens (tertiary/aromatic N) is 1. The molecule has 1 nitrogen and oxygen atoms in total. The monoisotopic (exact) mass is 711 g/mol. The van der Waals surface area contributed by atoms with Gasteiger partial charge >= 0.3 is 0 Å². The molecule has 0 N–H and O–H groups in total. The second-order valence-electron chi connectivity index (χ2n) is 15.4. The maximum absolute atomic E-state index is 3.36. The first-order valence-electron chi connectivity index (χ1n) is 19.4. The van der Waals surface area contributed by atoms with Crippen LogP contribution < -0.4 is 10.6 Å². The van der Waals surface area contributed by atoms with Crippen LogP contribution in [0.2, 0.25) is 0 Å². The van der Waals surface area contributed by atoms with E-state index >= 15 is 0 Å². The van der Waals surface area contributed by atoms with Crippen molar-refractivity contribution in [3.8, 4) is 0 Å². The van der Waals surface area contributed by atoms with Crippen LogP contribution in [-0.4, -0.2) is 30.3 Å². The van der Waals surface area contributed by atoms with Crippen molar-refractivity contribution in [2.45, 2.75) is 158 Å². The average Bonchev–Trinajstić information content (AvgIpc) is 3.84. The molecular formula is C43H63FeNP2-6. The zero-order chi connectivity index (χ0) is 31.7. The largest absolute Gasteiger partial charge is 0.748 e. The SMILES string of the molecule is CN(C)[C@H](c1ccc(C2CCCCC2)c(C2CCCCC2)c1P)[c-]1cccc1P(C1CCCCC1)C1CCCCC1.[Fe].[cH-]1[cH-][cH-][cH-][cH-]1. The molecule has 0 amide bonds. The first kappa shape index (κ1) is 37.5. The second-order valence-corrected chi connectivity index (χ2v) is 18.8. The summed E-state index contributed by atoms with van der Waals surface area (Å²) in [5.74, 6) is 1.54. The van der Waals surface area contributed by atoms with Gasteiger partial charge in [0.05, 0.1) is 0 Å². The summed E-state index contributed by atoms with van der Waals surface area (Å²) < 4.78 is 0. The Morgan fingerprint density at radius 2 is 1.13 bits per heavy atom. The molecule has 0 bridgehead atoms. The second kappa shape index (κ2) is 19.0. The third-order valence-corrected chi connectivity index (χ3v) is 16.3. The van der Waals surface area contributed by atoms with Crippen LogP contribution in [0.4, 0.5) is 0 Å². The van der Waals surface area contributed by atoms with E-state index in [1.807, 2.05) is 30.3 Å². The van der Waals surface area contributed by atoms with Crippen LogP contribution in [0, 0.1) is 0 Å². The molecule has 0 saturated heterocycles. The summed E-state index contributed by atoms with van der Waals surface area (Å²) in [6.45, 7) is 0. The van der Waals surface area contributed by atoms with E-state index < -0.39 is 0 Å². The van der Waals surface area contributed by atoms with E-state index in [0.29, 0.717) is 6.04 Å². The maximum atomic E-state index is 3.36. The van der Waals surface area contributed by atoms with Crippen molar-refractivity contribution in [1.82, 2.24) is 4.90 Å². The predicted octanol–water partition coefficient (Wildman–Crippen LogP) is 11.8. The summed E-state index contributed by atoms with van der Waals surface area (Å²) >= 11 is 0. The molecule has 4 aliphatic carbocycles. The topological polar surface area (TPSA) is 3.24 Å². The average molecular weight is 712 g/mol. The Morgan fingerprint density at radius 1 is 0.660 bits per heavy atom. The van der Waals surface area contributed by atoms with E-state index in [4.69, 9.17) is 0 Å². The van der Waals surface area contributed by atoms with Gasteiger partial charge in [-0.2, -0.15) is 6.07 Å². The van der Waals surface area contributed by atoms with Crippen molar-refractivity contribution in [3.63, 3.8) is 0 Å². The quantitative estimate of drug-likeness (QED) is 0.128. The van der Waals surface area contributed by atoms with Crippen molar-refractivity contribution >= 4 is 27.8 Å². The smallest absolute Gasteiger partial charge is 0.0156 e. The number of hydrogen-bond donors (Lipinski definition) is 0. The zero-order valence-electron chi connectivity index (χ0n) is 29.6. The maximum Gasteiger partial charge on any atom is 0.0156 e. The molecule has 4 saturated carbocycles. The molecule has 7 rings (SSSR count). The van der Waals surface area contributed by atoms with Crippen molar-refractivity contribution < 1.29 is 17.1 Å². The molecule has 2 atom stereocenters. The fourth-order valence-corrected chi connectivity index (χ4v) is 14.5. The van der Waals surface area contributed by atoms with E-state index in [1.165, 1.54) is 128 Å². The van der Waals surface area contributed by atoms with Crippen LogP contribution in [0.1, 0.15) is 169 Å². The van der Waals surface area contributed by atoms with E-state index in [0.717, 1.165) is 23.2 Å². The molecule has 1 unspecified atom stereocenters. The van der Waals surface area contributed by atoms with Crippen molar-refractivity contribution in [2.24, 2.45) is 0 Å². The van der Waals surface area contributed by atoms with Gasteiger partial charge in [0.2, 0.25) is 0 Å². The van der Waals surface area contributed by atoms with Crippen molar-refractivity contribution in [1.29, 1.82) is 0 Å². The Bertz CT molecular complexity index is 1250. The summed E-state index contributed by atoms with van der Waals surface area (Å²) in [5.41, 5.74) is 8.63. The van der Waals surface area contributed by atoms with Crippen LogP contribution in [0.3, 0.4) is 0 Å². The van der Waals surface area contributed by atoms with Gasteiger partial charge in [-0.15, -0.1) is 20.1 Å². The Balaban J connectivity index is 0.000000662. The van der Waals surface area contributed by atoms with Gasteiger partial charge in [0, 0.05) is 23.1 Å². The summed E-state index contributed by atoms with van der Waals surface area (Å²) in [4.78, 5) is 2.56. The Labute approximate surface area is 303 Å². The molecule has 0 radical (unpaired) electrons. The molecule has 0 spiro atoms. The fourth-order valence-electron chi connectivity index (χ4n) is 9.87. The van der Waals surface area contributed by atoms with Crippen LogP contribution in [0.5, 0.6) is 0 Å². The van der Waals surface area contributed by atoms with Crippen LogP contribution in [0.15, 0.2) is 60.7 Å². The van der Waals surface area contributed by atoms with Gasteiger partial charge in [-0.05, 0) is 111 Å². The minimum Gasteiger partial charge on any atom is -0.748 e. The van der Waals surface area contributed by atoms with Gasteiger partial charge in [-0.1, -0.05) is 97.1 Å². The summed E-state index contributed by atoms with van der Waals surface area (Å²) in [6, 6.07) is 23.1. The molecule has 47 heavy (non-hydrogen) atoms. The van der Waals surface area contributed by atoms with Gasteiger partial charge in [0.1, 0.15) is 0 Å². The third-order valence-electron chi connectivity index (χ3n) is 12.1. The number of benzene rings is 1. The Morgan fingerprint density at radius 3 is 1.62 bits per heavy atom. The number of rotatable bonds is 8. The van der Waals surface area contributed by atoms with Gasteiger partial charge in [0.15, 0.2) is 0 Å². The molecule has 4 heteroatoms. The Hall–Kier alpha value is -0.741. The van der Waals surface area contributed by atoms with E-state index in [-0.39, 0.29) is 25.0 Å². The van der Waals surface area contributed by atoms with Gasteiger partial charge in [-0.3, -0.25) is 0 Å². The van der Waals surface area contributed by atoms with Crippen LogP contribution in [-0.2, 0) is 17.1 Å². The van der Waals surface area contributed by atoms with Crippen molar-refractivity contribution in [2.75, 3.05) is 14.1 Å². The van der Waals surface area contributed by atoms with E-state index in [1.54, 1.807) is 32.9 Å². The van der Waals surface area contributed by atoms with E-state index in [9.17, 15) is 0 Å². The fraction of sp³-hybridized carbons (Fsp3) is 0.628. The standard InChI is InChI=1S/C38H58NP2.C5H5.Fe/c1-39(2)37(33-24-15-25-35(33)41(30-20-11-5-12-21-30)31-22-13-6-14-23-31)34-27-26-32(28-16-7-3-8-17-28)36(38(34)40)29-18-9-4-10-19-29;1-2-4-5-3-1;/h15,24-31,37H,3-14,16-23,40H2,1-2H3;1-5H;/q-1;-5;/t37-;;/m0../s1. The molecule has 0 aromatic heterocycles. The predicted molar refractivity (Wildman–Crippen MR) is 207 cm³/mol. The summed E-state index contributed by atoms with van der Waals surface area (Å²) in [6.07, 6.45) is 28.9. The van der Waals surface area contributed by atoms with Gasteiger partial charge in [0.25, 0.3) is 0 Å². The molecule has 4 fully saturated rings. The van der Waals surface area contributed by atoms with Crippen LogP contribution in [0.25, 0.3) is 0 Å². The molecule has 4 aliphatic rings. The van der Waals surface area contributed by atoms with Crippen LogP contribution >= 0.6 is 17.2 Å². The van der Waals surface area contributed by atoms with E-state index in [2.05, 4.69) is 58.6 Å².